The number of anilines is 1. The second kappa shape index (κ2) is 15.2. The maximum absolute atomic E-state index is 13.6. The van der Waals surface area contributed by atoms with Crippen LogP contribution in [0.15, 0.2) is 72.8 Å². The van der Waals surface area contributed by atoms with Crippen LogP contribution in [0, 0.1) is 13.8 Å². The number of rotatable bonds is 13. The number of ether oxygens (including phenoxy) is 1. The van der Waals surface area contributed by atoms with Crippen molar-refractivity contribution in [3.8, 4) is 5.75 Å². The maximum Gasteiger partial charge on any atom is 0.258 e. The molecule has 0 aromatic heterocycles. The lowest BCUT2D eigenvalue weighted by Crippen LogP contribution is -2.56. The Morgan fingerprint density at radius 3 is 2.49 bits per heavy atom. The zero-order chi connectivity index (χ0) is 30.8. The lowest BCUT2D eigenvalue weighted by Gasteiger charge is -2.30. The van der Waals surface area contributed by atoms with Crippen LogP contribution in [0.2, 0.25) is 0 Å². The summed E-state index contributed by atoms with van der Waals surface area (Å²) >= 11 is 1.43. The number of benzene rings is 3. The summed E-state index contributed by atoms with van der Waals surface area (Å²) in [5, 5.41) is 19.5. The number of aryl methyl sites for hydroxylation is 2. The summed E-state index contributed by atoms with van der Waals surface area (Å²) < 4.78 is 5.73. The molecule has 1 heterocycles. The predicted molar refractivity (Wildman–Crippen MR) is 165 cm³/mol. The number of thioether (sulfide) groups is 1. The molecule has 1 aliphatic heterocycles. The zero-order valence-electron chi connectivity index (χ0n) is 24.1. The summed E-state index contributed by atoms with van der Waals surface area (Å²) in [7, 11) is 0. The van der Waals surface area contributed by atoms with Gasteiger partial charge in [-0.15, -0.1) is 11.8 Å². The third kappa shape index (κ3) is 8.36. The van der Waals surface area contributed by atoms with Gasteiger partial charge in [0.2, 0.25) is 12.3 Å². The number of amides is 4. The Labute approximate surface area is 255 Å². The molecule has 0 spiro atoms. The summed E-state index contributed by atoms with van der Waals surface area (Å²) in [5.74, 6) is -0.517. The van der Waals surface area contributed by atoms with Gasteiger partial charge in [-0.3, -0.25) is 19.2 Å². The molecule has 0 radical (unpaired) electrons. The molecular formula is C32H36N4O6S. The maximum atomic E-state index is 13.6. The fourth-order valence-electron chi connectivity index (χ4n) is 4.84. The van der Waals surface area contributed by atoms with Crippen molar-refractivity contribution < 1.29 is 29.0 Å². The van der Waals surface area contributed by atoms with Gasteiger partial charge in [-0.1, -0.05) is 66.7 Å². The second-order valence-electron chi connectivity index (χ2n) is 10.3. The molecule has 1 aliphatic rings. The number of carbonyl (C=O) groups excluding carboxylic acids is 4. The Balaban J connectivity index is 1.44. The van der Waals surface area contributed by atoms with Crippen LogP contribution in [-0.4, -0.2) is 70.6 Å². The Morgan fingerprint density at radius 2 is 1.74 bits per heavy atom. The smallest absolute Gasteiger partial charge is 0.258 e. The van der Waals surface area contributed by atoms with Gasteiger partial charge >= 0.3 is 0 Å². The molecule has 0 bridgehead atoms. The number of aliphatic hydroxyl groups excluding tert-OH is 1. The van der Waals surface area contributed by atoms with Crippen molar-refractivity contribution in [1.82, 2.24) is 15.5 Å². The molecule has 4 N–H and O–H groups in total. The van der Waals surface area contributed by atoms with Crippen LogP contribution in [0.3, 0.4) is 0 Å². The first-order valence-electron chi connectivity index (χ1n) is 13.9. The van der Waals surface area contributed by atoms with Gasteiger partial charge in [-0.2, -0.15) is 0 Å². The molecule has 0 saturated carbocycles. The highest BCUT2D eigenvalue weighted by atomic mass is 32.2. The molecule has 1 saturated heterocycles. The van der Waals surface area contributed by atoms with Crippen molar-refractivity contribution in [1.29, 1.82) is 0 Å². The topological polar surface area (TPSA) is 137 Å². The first-order valence-corrected chi connectivity index (χ1v) is 15.1. The lowest BCUT2D eigenvalue weighted by molar-refractivity contribution is -0.146. The van der Waals surface area contributed by atoms with Crippen molar-refractivity contribution in [3.63, 3.8) is 0 Å². The van der Waals surface area contributed by atoms with E-state index in [1.165, 1.54) is 16.7 Å². The third-order valence-electron chi connectivity index (χ3n) is 7.24. The van der Waals surface area contributed by atoms with E-state index in [0.29, 0.717) is 35.7 Å². The van der Waals surface area contributed by atoms with Crippen LogP contribution in [0.5, 0.6) is 5.75 Å². The van der Waals surface area contributed by atoms with Gasteiger partial charge in [0.15, 0.2) is 12.7 Å². The molecule has 226 valence electrons. The standard InChI is InChI=1S/C32H36N4O6S/c1-21-9-6-7-13-24(21)16-33-31(40)27-18-43-20-36(27)32(41)29(39)26(15-23-11-4-3-5-12-23)35-28(38)17-42-30-22(2)10-8-14-25(30)34-19-37/h3-14,19,26-27,29,39H,15-18,20H2,1-2H3,(H,33,40)(H,34,37)(H,35,38)/t26-,27-,29-/m0/s1. The minimum absolute atomic E-state index is 0.174. The summed E-state index contributed by atoms with van der Waals surface area (Å²) in [6.07, 6.45) is -0.917. The zero-order valence-corrected chi connectivity index (χ0v) is 24.9. The summed E-state index contributed by atoms with van der Waals surface area (Å²) in [5.41, 5.74) is 3.97. The number of hydrogen-bond acceptors (Lipinski definition) is 7. The number of para-hydroxylation sites is 1. The summed E-state index contributed by atoms with van der Waals surface area (Å²) in [6.45, 7) is 3.67. The minimum atomic E-state index is -1.61. The van der Waals surface area contributed by atoms with E-state index < -0.39 is 36.6 Å². The summed E-state index contributed by atoms with van der Waals surface area (Å²) in [4.78, 5) is 52.1. The van der Waals surface area contributed by atoms with Crippen LogP contribution in [0.1, 0.15) is 22.3 Å². The van der Waals surface area contributed by atoms with E-state index in [4.69, 9.17) is 4.74 Å². The van der Waals surface area contributed by atoms with Crippen molar-refractivity contribution in [2.75, 3.05) is 23.6 Å². The highest BCUT2D eigenvalue weighted by molar-refractivity contribution is 7.99. The van der Waals surface area contributed by atoms with E-state index in [-0.39, 0.29) is 18.2 Å². The van der Waals surface area contributed by atoms with Crippen molar-refractivity contribution in [3.05, 3.63) is 95.1 Å². The molecule has 0 unspecified atom stereocenters. The van der Waals surface area contributed by atoms with Gasteiger partial charge in [0.1, 0.15) is 11.8 Å². The highest BCUT2D eigenvalue weighted by Gasteiger charge is 2.40. The predicted octanol–water partition coefficient (Wildman–Crippen LogP) is 2.56. The largest absolute Gasteiger partial charge is 0.481 e. The van der Waals surface area contributed by atoms with E-state index in [0.717, 1.165) is 16.7 Å². The first kappa shape index (κ1) is 31.6. The quantitative estimate of drug-likeness (QED) is 0.220. The molecular weight excluding hydrogens is 568 g/mol. The second-order valence-corrected chi connectivity index (χ2v) is 11.3. The fraction of sp³-hybridized carbons (Fsp3) is 0.312. The Hall–Kier alpha value is -4.35. The molecule has 1 fully saturated rings. The van der Waals surface area contributed by atoms with E-state index in [1.807, 2.05) is 61.5 Å². The van der Waals surface area contributed by atoms with Gasteiger partial charge < -0.3 is 30.7 Å². The van der Waals surface area contributed by atoms with E-state index in [2.05, 4.69) is 16.0 Å². The first-order chi connectivity index (χ1) is 20.8. The number of hydrogen-bond donors (Lipinski definition) is 4. The molecule has 43 heavy (non-hydrogen) atoms. The third-order valence-corrected chi connectivity index (χ3v) is 8.25. The van der Waals surface area contributed by atoms with E-state index >= 15 is 0 Å². The van der Waals surface area contributed by atoms with Crippen molar-refractivity contribution in [2.24, 2.45) is 0 Å². The monoisotopic (exact) mass is 604 g/mol. The van der Waals surface area contributed by atoms with Crippen LogP contribution in [-0.2, 0) is 32.1 Å². The molecule has 4 rings (SSSR count). The van der Waals surface area contributed by atoms with Gasteiger partial charge in [0.25, 0.3) is 11.8 Å². The molecule has 0 aliphatic carbocycles. The molecule has 11 heteroatoms. The molecule has 3 atom stereocenters. The van der Waals surface area contributed by atoms with Crippen molar-refractivity contribution in [2.45, 2.75) is 45.0 Å². The Bertz CT molecular complexity index is 1440. The normalized spacial score (nSPS) is 15.7. The van der Waals surface area contributed by atoms with Crippen LogP contribution in [0.4, 0.5) is 5.69 Å². The van der Waals surface area contributed by atoms with E-state index in [9.17, 15) is 24.3 Å². The molecule has 10 nitrogen and oxygen atoms in total. The van der Waals surface area contributed by atoms with Gasteiger partial charge in [0, 0.05) is 12.3 Å². The Kier molecular flexibility index (Phi) is 11.2. The minimum Gasteiger partial charge on any atom is -0.481 e. The average Bonchev–Trinajstić information content (AvgIpc) is 3.50. The van der Waals surface area contributed by atoms with E-state index in [1.54, 1.807) is 25.1 Å². The number of carbonyl (C=O) groups is 4. The molecule has 4 amide bonds. The van der Waals surface area contributed by atoms with Gasteiger partial charge in [-0.25, -0.2) is 0 Å². The van der Waals surface area contributed by atoms with Crippen LogP contribution >= 0.6 is 11.8 Å². The van der Waals surface area contributed by atoms with Gasteiger partial charge in [-0.05, 0) is 48.6 Å². The van der Waals surface area contributed by atoms with Crippen LogP contribution < -0.4 is 20.7 Å². The average molecular weight is 605 g/mol. The van der Waals surface area contributed by atoms with Crippen molar-refractivity contribution >= 4 is 41.6 Å². The SMILES string of the molecule is Cc1ccccc1CNC(=O)[C@@H]1CSCN1C(=O)[C@@H](O)[C@H](Cc1ccccc1)NC(=O)COc1c(C)cccc1NC=O. The number of nitrogens with one attached hydrogen (secondary N) is 3. The molecule has 3 aromatic rings. The molecule has 3 aromatic carbocycles. The summed E-state index contributed by atoms with van der Waals surface area (Å²) in [6, 6.07) is 20.4. The van der Waals surface area contributed by atoms with Gasteiger partial charge in [0.05, 0.1) is 17.6 Å². The number of aliphatic hydroxyl groups is 1. The Morgan fingerprint density at radius 1 is 1.02 bits per heavy atom. The van der Waals surface area contributed by atoms with Crippen LogP contribution in [0.25, 0.3) is 0 Å². The fourth-order valence-corrected chi connectivity index (χ4v) is 6.01. The number of nitrogens with zero attached hydrogens (tertiary/aromatic N) is 1. The highest BCUT2D eigenvalue weighted by Crippen LogP contribution is 2.28. The lowest BCUT2D eigenvalue weighted by atomic mass is 9.99.